The predicted octanol–water partition coefficient (Wildman–Crippen LogP) is 4.13. The van der Waals surface area contributed by atoms with Crippen LogP contribution >= 0.6 is 15.9 Å². The highest BCUT2D eigenvalue weighted by atomic mass is 79.9. The van der Waals surface area contributed by atoms with E-state index in [0.717, 1.165) is 34.2 Å². The molecule has 1 fully saturated rings. The van der Waals surface area contributed by atoms with E-state index in [1.54, 1.807) is 12.1 Å². The third-order valence-corrected chi connectivity index (χ3v) is 6.28. The van der Waals surface area contributed by atoms with Gasteiger partial charge in [0.15, 0.2) is 12.4 Å². The average molecular weight is 485 g/mol. The molecule has 8 heteroatoms. The molecular formula is C23H27BrN5O2+. The second kappa shape index (κ2) is 9.20. The van der Waals surface area contributed by atoms with Gasteiger partial charge in [-0.15, -0.1) is 10.2 Å². The first kappa shape index (κ1) is 21.5. The Morgan fingerprint density at radius 2 is 1.84 bits per heavy atom. The number of carbonyl (C=O) groups is 1. The molecule has 0 radical (unpaired) electrons. The lowest BCUT2D eigenvalue weighted by Crippen LogP contribution is -3.12. The smallest absolute Gasteiger partial charge is 0.295 e. The van der Waals surface area contributed by atoms with Gasteiger partial charge in [-0.2, -0.15) is 0 Å². The largest absolute Gasteiger partial charge is 0.493 e. The number of piperidine rings is 1. The van der Waals surface area contributed by atoms with Gasteiger partial charge >= 0.3 is 0 Å². The van der Waals surface area contributed by atoms with E-state index in [1.165, 1.54) is 24.2 Å². The highest BCUT2D eigenvalue weighted by molar-refractivity contribution is 9.10. The highest BCUT2D eigenvalue weighted by Gasteiger charge is 2.22. The summed E-state index contributed by atoms with van der Waals surface area (Å²) in [7, 11) is 3.89. The molecule has 0 bridgehead atoms. The van der Waals surface area contributed by atoms with Crippen molar-refractivity contribution in [3.05, 3.63) is 52.5 Å². The molecule has 1 aliphatic rings. The number of halogens is 1. The van der Waals surface area contributed by atoms with Crippen molar-refractivity contribution in [1.29, 1.82) is 0 Å². The van der Waals surface area contributed by atoms with Crippen molar-refractivity contribution in [2.24, 2.45) is 10.2 Å². The molecule has 4 rings (SSSR count). The molecule has 3 aromatic rings. The van der Waals surface area contributed by atoms with Crippen LogP contribution in [0.25, 0.3) is 10.9 Å². The van der Waals surface area contributed by atoms with Crippen LogP contribution in [0.15, 0.2) is 57.2 Å². The van der Waals surface area contributed by atoms with Gasteiger partial charge in [-0.05, 0) is 61.7 Å². The molecule has 0 aliphatic carbocycles. The van der Waals surface area contributed by atoms with E-state index in [9.17, 15) is 9.90 Å². The molecule has 1 saturated heterocycles. The molecule has 2 N–H and O–H groups in total. The molecule has 7 nitrogen and oxygen atoms in total. The van der Waals surface area contributed by atoms with Gasteiger partial charge in [-0.3, -0.25) is 9.36 Å². The van der Waals surface area contributed by atoms with E-state index >= 15 is 0 Å². The Hall–Kier alpha value is -2.71. The number of nitrogens with zero attached hydrogens (tertiary/aromatic N) is 4. The summed E-state index contributed by atoms with van der Waals surface area (Å²) in [5, 5.41) is 19.8. The third kappa shape index (κ3) is 4.65. The van der Waals surface area contributed by atoms with Gasteiger partial charge in [0.2, 0.25) is 5.88 Å². The minimum absolute atomic E-state index is 0.0469. The average Bonchev–Trinajstić information content (AvgIpc) is 3.03. The molecule has 2 heterocycles. The summed E-state index contributed by atoms with van der Waals surface area (Å²) < 4.78 is 2.76. The molecular weight excluding hydrogens is 458 g/mol. The van der Waals surface area contributed by atoms with Crippen LogP contribution in [0.4, 0.5) is 11.4 Å². The van der Waals surface area contributed by atoms with Crippen LogP contribution in [0.3, 0.4) is 0 Å². The van der Waals surface area contributed by atoms with Gasteiger partial charge < -0.3 is 14.9 Å². The third-order valence-electron chi connectivity index (χ3n) is 5.79. The molecule has 0 saturated carbocycles. The maximum atomic E-state index is 12.6. The normalized spacial score (nSPS) is 15.1. The molecule has 1 amide bonds. The first-order valence-corrected chi connectivity index (χ1v) is 11.3. The van der Waals surface area contributed by atoms with Gasteiger partial charge in [-0.1, -0.05) is 15.9 Å². The lowest BCUT2D eigenvalue weighted by atomic mass is 10.1. The molecule has 0 spiro atoms. The van der Waals surface area contributed by atoms with Crippen molar-refractivity contribution in [2.75, 3.05) is 32.1 Å². The second-order valence-corrected chi connectivity index (χ2v) is 9.09. The molecule has 31 heavy (non-hydrogen) atoms. The molecule has 162 valence electrons. The number of benzene rings is 2. The Labute approximate surface area is 190 Å². The van der Waals surface area contributed by atoms with Crippen LogP contribution in [-0.4, -0.2) is 42.8 Å². The fraction of sp³-hybridized carbons (Fsp3) is 0.348. The number of anilines is 1. The van der Waals surface area contributed by atoms with Crippen molar-refractivity contribution in [3.8, 4) is 5.88 Å². The predicted molar refractivity (Wildman–Crippen MR) is 125 cm³/mol. The standard InChI is InChI=1S/C23H26BrN5O2/c1-27(2)18-9-6-16(7-10-18)22(30)26-25-21-19-14-17(24)8-11-20(19)29(23(21)31)15-28-12-4-3-5-13-28/h6-11,14,31H,3-5,12-13,15H2,1-2H3/p+1. The van der Waals surface area contributed by atoms with Gasteiger partial charge in [0.25, 0.3) is 5.91 Å². The van der Waals surface area contributed by atoms with Crippen molar-refractivity contribution in [2.45, 2.75) is 25.9 Å². The molecule has 1 aliphatic heterocycles. The van der Waals surface area contributed by atoms with E-state index in [2.05, 4.69) is 26.2 Å². The maximum Gasteiger partial charge on any atom is 0.295 e. The summed E-state index contributed by atoms with van der Waals surface area (Å²) in [4.78, 5) is 16.0. The van der Waals surface area contributed by atoms with E-state index < -0.39 is 5.91 Å². The number of fused-ring (bicyclic) bond motifs is 1. The van der Waals surface area contributed by atoms with Gasteiger partial charge in [-0.25, -0.2) is 0 Å². The Kier molecular flexibility index (Phi) is 6.38. The number of hydrogen-bond donors (Lipinski definition) is 2. The van der Waals surface area contributed by atoms with Gasteiger partial charge in [0.1, 0.15) is 0 Å². The summed E-state index contributed by atoms with van der Waals surface area (Å²) in [6.07, 6.45) is 3.68. The SMILES string of the molecule is CN(C)c1ccc(C(=O)N=Nc2c(O)n(C[NH+]3CCCCC3)c3ccc(Br)cc23)cc1. The van der Waals surface area contributed by atoms with E-state index in [-0.39, 0.29) is 5.88 Å². The quantitative estimate of drug-likeness (QED) is 0.534. The van der Waals surface area contributed by atoms with E-state index in [1.807, 2.05) is 53.9 Å². The Morgan fingerprint density at radius 1 is 1.13 bits per heavy atom. The fourth-order valence-electron chi connectivity index (χ4n) is 4.04. The van der Waals surface area contributed by atoms with Crippen molar-refractivity contribution in [3.63, 3.8) is 0 Å². The van der Waals surface area contributed by atoms with Crippen LogP contribution in [-0.2, 0) is 6.67 Å². The minimum atomic E-state index is -0.442. The van der Waals surface area contributed by atoms with E-state index in [4.69, 9.17) is 0 Å². The lowest BCUT2D eigenvalue weighted by molar-refractivity contribution is -0.927. The molecule has 0 atom stereocenters. The zero-order chi connectivity index (χ0) is 22.0. The van der Waals surface area contributed by atoms with Crippen LogP contribution in [0.2, 0.25) is 0 Å². The maximum absolute atomic E-state index is 12.6. The summed E-state index contributed by atoms with van der Waals surface area (Å²) >= 11 is 3.49. The number of amides is 1. The Balaban J connectivity index is 1.65. The van der Waals surface area contributed by atoms with Crippen LogP contribution in [0.5, 0.6) is 5.88 Å². The number of azo groups is 1. The Morgan fingerprint density at radius 3 is 2.52 bits per heavy atom. The molecule has 1 aromatic heterocycles. The number of hydrogen-bond acceptors (Lipinski definition) is 4. The zero-order valence-corrected chi connectivity index (χ0v) is 19.4. The monoisotopic (exact) mass is 484 g/mol. The highest BCUT2D eigenvalue weighted by Crippen LogP contribution is 2.39. The zero-order valence-electron chi connectivity index (χ0n) is 17.8. The topological polar surface area (TPSA) is 74.6 Å². The summed E-state index contributed by atoms with van der Waals surface area (Å²) in [5.41, 5.74) is 2.66. The minimum Gasteiger partial charge on any atom is -0.493 e. The number of carbonyl (C=O) groups excluding carboxylic acids is 1. The van der Waals surface area contributed by atoms with Crippen molar-refractivity contribution >= 4 is 44.1 Å². The fourth-order valence-corrected chi connectivity index (χ4v) is 4.40. The van der Waals surface area contributed by atoms with E-state index in [0.29, 0.717) is 17.9 Å². The summed E-state index contributed by atoms with van der Waals surface area (Å²) in [6, 6.07) is 13.0. The van der Waals surface area contributed by atoms with Gasteiger partial charge in [0, 0.05) is 35.2 Å². The van der Waals surface area contributed by atoms with Gasteiger partial charge in [0.05, 0.1) is 18.6 Å². The van der Waals surface area contributed by atoms with Crippen LogP contribution in [0, 0.1) is 0 Å². The molecule has 2 aromatic carbocycles. The number of aromatic hydroxyl groups is 1. The number of aromatic nitrogens is 1. The van der Waals surface area contributed by atoms with Crippen LogP contribution < -0.4 is 9.80 Å². The molecule has 0 unspecified atom stereocenters. The number of quaternary nitrogens is 1. The summed E-state index contributed by atoms with van der Waals surface area (Å²) in [5.74, 6) is -0.395. The number of likely N-dealkylation sites (tertiary alicyclic amines) is 1. The second-order valence-electron chi connectivity index (χ2n) is 8.18. The lowest BCUT2D eigenvalue weighted by Gasteiger charge is -2.24. The number of nitrogens with one attached hydrogen (secondary N) is 1. The first-order valence-electron chi connectivity index (χ1n) is 10.5. The first-order chi connectivity index (χ1) is 14.9. The number of rotatable bonds is 5. The summed E-state index contributed by atoms with van der Waals surface area (Å²) in [6.45, 7) is 2.85. The Bertz CT molecular complexity index is 1120. The van der Waals surface area contributed by atoms with Crippen molar-refractivity contribution in [1.82, 2.24) is 4.57 Å². The van der Waals surface area contributed by atoms with Crippen molar-refractivity contribution < 1.29 is 14.8 Å². The van der Waals surface area contributed by atoms with Crippen LogP contribution in [0.1, 0.15) is 29.6 Å².